The van der Waals surface area contributed by atoms with Crippen molar-refractivity contribution in [2.75, 3.05) is 7.11 Å². The van der Waals surface area contributed by atoms with Crippen LogP contribution >= 0.6 is 11.6 Å². The molecule has 0 radical (unpaired) electrons. The fourth-order valence-electron chi connectivity index (χ4n) is 8.93. The molecule has 0 fully saturated rings. The van der Waals surface area contributed by atoms with Crippen molar-refractivity contribution >= 4 is 67.0 Å². The van der Waals surface area contributed by atoms with Crippen molar-refractivity contribution < 1.29 is 4.74 Å². The van der Waals surface area contributed by atoms with E-state index in [0.717, 1.165) is 16.9 Å². The van der Waals surface area contributed by atoms with Crippen molar-refractivity contribution in [2.24, 2.45) is 0 Å². The highest BCUT2D eigenvalue weighted by Crippen LogP contribution is 2.44. The predicted molar refractivity (Wildman–Crippen MR) is 227 cm³/mol. The van der Waals surface area contributed by atoms with E-state index in [0.29, 0.717) is 5.02 Å². The van der Waals surface area contributed by atoms with Gasteiger partial charge in [0, 0.05) is 10.6 Å². The molecule has 0 aliphatic rings. The molecule has 0 aromatic heterocycles. The summed E-state index contributed by atoms with van der Waals surface area (Å²) in [4.78, 5) is 0. The van der Waals surface area contributed by atoms with E-state index in [1.54, 1.807) is 7.11 Å². The number of fused-ring (bicyclic) bond motifs is 5. The van der Waals surface area contributed by atoms with Crippen molar-refractivity contribution in [2.45, 2.75) is 41.5 Å². The molecule has 0 N–H and O–H groups in total. The van der Waals surface area contributed by atoms with Crippen LogP contribution in [0.2, 0.25) is 5.02 Å². The second-order valence-electron chi connectivity index (χ2n) is 14.6. The summed E-state index contributed by atoms with van der Waals surface area (Å²) < 4.78 is 5.84. The number of rotatable bonds is 6. The molecule has 0 saturated carbocycles. The molecular weight excluding hydrogens is 651 g/mol. The lowest BCUT2D eigenvalue weighted by molar-refractivity contribution is 0.416. The summed E-state index contributed by atoms with van der Waals surface area (Å²) in [6.07, 6.45) is 0. The quantitative estimate of drug-likeness (QED) is 0.124. The second-order valence-corrected chi connectivity index (χ2v) is 15.0. The summed E-state index contributed by atoms with van der Waals surface area (Å²) in [5.74, 6) is 0.767. The first-order valence-electron chi connectivity index (χ1n) is 18.1. The molecule has 8 aromatic carbocycles. The van der Waals surface area contributed by atoms with Gasteiger partial charge in [-0.1, -0.05) is 158 Å². The van der Waals surface area contributed by atoms with Gasteiger partial charge in [0.1, 0.15) is 5.75 Å². The van der Waals surface area contributed by atoms with Crippen molar-refractivity contribution in [1.82, 2.24) is 0 Å². The maximum absolute atomic E-state index is 6.40. The number of halogens is 1. The fraction of sp³-hybridized carbons (Fsp3) is 0.143. The Morgan fingerprint density at radius 3 is 1.40 bits per heavy atom. The van der Waals surface area contributed by atoms with E-state index >= 15 is 0 Å². The molecule has 0 aliphatic heterocycles. The van der Waals surface area contributed by atoms with Crippen LogP contribution < -0.4 is 21.1 Å². The third-order valence-electron chi connectivity index (χ3n) is 10.9. The van der Waals surface area contributed by atoms with Crippen molar-refractivity contribution in [1.29, 1.82) is 0 Å². The SMILES string of the molecule is COc1cc(Cl)ccc1-c1cc2c3ccccc3c(-c3ccc(B(c4c(C)cc(C)cc4C)c4c(C)cc(C)cc4C)cc3)cc2c2ccccc12. The molecule has 254 valence electrons. The van der Waals surface area contributed by atoms with E-state index in [1.807, 2.05) is 12.1 Å². The van der Waals surface area contributed by atoms with Gasteiger partial charge in [-0.15, -0.1) is 0 Å². The molecule has 0 heterocycles. The topological polar surface area (TPSA) is 9.23 Å². The lowest BCUT2D eigenvalue weighted by Gasteiger charge is -2.25. The minimum Gasteiger partial charge on any atom is -0.496 e. The zero-order valence-electron chi connectivity index (χ0n) is 31.0. The third kappa shape index (κ3) is 5.76. The zero-order valence-corrected chi connectivity index (χ0v) is 31.7. The fourth-order valence-corrected chi connectivity index (χ4v) is 9.09. The Kier molecular flexibility index (Phi) is 8.68. The van der Waals surface area contributed by atoms with Gasteiger partial charge in [-0.25, -0.2) is 0 Å². The van der Waals surface area contributed by atoms with Crippen LogP contribution in [-0.2, 0) is 0 Å². The third-order valence-corrected chi connectivity index (χ3v) is 11.2. The van der Waals surface area contributed by atoms with Crippen LogP contribution in [0.4, 0.5) is 0 Å². The number of aryl methyl sites for hydroxylation is 6. The molecule has 0 aliphatic carbocycles. The average molecular weight is 693 g/mol. The highest BCUT2D eigenvalue weighted by atomic mass is 35.5. The molecule has 0 saturated heterocycles. The van der Waals surface area contributed by atoms with E-state index in [4.69, 9.17) is 16.3 Å². The lowest BCUT2D eigenvalue weighted by atomic mass is 9.34. The summed E-state index contributed by atoms with van der Waals surface area (Å²) in [5, 5.41) is 7.98. The summed E-state index contributed by atoms with van der Waals surface area (Å²) in [6.45, 7) is 13.6. The maximum atomic E-state index is 6.40. The lowest BCUT2D eigenvalue weighted by Crippen LogP contribution is -2.55. The summed E-state index contributed by atoms with van der Waals surface area (Å²) in [6, 6.07) is 46.9. The smallest absolute Gasteiger partial charge is 0.242 e. The van der Waals surface area contributed by atoms with Gasteiger partial charge >= 0.3 is 0 Å². The minimum absolute atomic E-state index is 0.135. The predicted octanol–water partition coefficient (Wildman–Crippen LogP) is 11.5. The van der Waals surface area contributed by atoms with E-state index in [1.165, 1.54) is 93.2 Å². The van der Waals surface area contributed by atoms with Gasteiger partial charge in [0.15, 0.2) is 0 Å². The Balaban J connectivity index is 1.34. The average Bonchev–Trinajstić information content (AvgIpc) is 3.13. The first-order valence-corrected chi connectivity index (χ1v) is 18.5. The second kappa shape index (κ2) is 13.3. The van der Waals surface area contributed by atoms with Crippen LogP contribution in [0.3, 0.4) is 0 Å². The first kappa shape index (κ1) is 33.8. The van der Waals surface area contributed by atoms with Gasteiger partial charge in [-0.05, 0) is 121 Å². The van der Waals surface area contributed by atoms with Crippen LogP contribution in [0.15, 0.2) is 127 Å². The van der Waals surface area contributed by atoms with Crippen LogP contribution in [0.25, 0.3) is 54.6 Å². The minimum atomic E-state index is 0.135. The highest BCUT2D eigenvalue weighted by Gasteiger charge is 2.28. The van der Waals surface area contributed by atoms with Crippen LogP contribution in [-0.4, -0.2) is 13.8 Å². The molecule has 0 bridgehead atoms. The molecule has 0 spiro atoms. The van der Waals surface area contributed by atoms with Crippen LogP contribution in [0.5, 0.6) is 5.75 Å². The molecule has 0 atom stereocenters. The monoisotopic (exact) mass is 692 g/mol. The van der Waals surface area contributed by atoms with Crippen LogP contribution in [0.1, 0.15) is 33.4 Å². The standard InChI is InChI=1S/C49H42BClO/c1-29-22-31(3)48(32(4)23-29)50(49-33(5)24-30(2)25-34(49)6)36-18-16-35(17-19-36)43-27-45-41-15-11-10-14-40(41)44(42-21-20-37(51)26-47(42)52-7)28-46(45)39-13-9-8-12-38(39)43/h8-28H,1-7H3. The Labute approximate surface area is 312 Å². The highest BCUT2D eigenvalue weighted by molar-refractivity contribution is 6.96. The van der Waals surface area contributed by atoms with E-state index in [9.17, 15) is 0 Å². The zero-order chi connectivity index (χ0) is 36.3. The molecule has 1 nitrogen and oxygen atoms in total. The first-order chi connectivity index (χ1) is 25.1. The summed E-state index contributed by atoms with van der Waals surface area (Å²) in [7, 11) is 1.71. The van der Waals surface area contributed by atoms with Gasteiger partial charge < -0.3 is 4.74 Å². The number of benzene rings is 8. The normalized spacial score (nSPS) is 11.5. The number of ether oxygens (including phenoxy) is 1. The molecule has 3 heteroatoms. The van der Waals surface area contributed by atoms with Crippen molar-refractivity contribution in [3.05, 3.63) is 166 Å². The molecule has 52 heavy (non-hydrogen) atoms. The van der Waals surface area contributed by atoms with Gasteiger partial charge in [-0.2, -0.15) is 0 Å². The van der Waals surface area contributed by atoms with E-state index in [2.05, 4.69) is 157 Å². The van der Waals surface area contributed by atoms with Gasteiger partial charge in [0.05, 0.1) is 7.11 Å². The number of hydrogen-bond acceptors (Lipinski definition) is 1. The number of hydrogen-bond donors (Lipinski definition) is 0. The summed E-state index contributed by atoms with van der Waals surface area (Å²) in [5.41, 5.74) is 16.7. The van der Waals surface area contributed by atoms with Crippen LogP contribution in [0, 0.1) is 41.5 Å². The van der Waals surface area contributed by atoms with Crippen molar-refractivity contribution in [3.63, 3.8) is 0 Å². The van der Waals surface area contributed by atoms with Gasteiger partial charge in [0.25, 0.3) is 0 Å². The van der Waals surface area contributed by atoms with Crippen molar-refractivity contribution in [3.8, 4) is 28.0 Å². The largest absolute Gasteiger partial charge is 0.496 e. The molecular formula is C49H42BClO. The molecule has 8 rings (SSSR count). The van der Waals surface area contributed by atoms with E-state index in [-0.39, 0.29) is 6.71 Å². The number of methoxy groups -OCH3 is 1. The summed E-state index contributed by atoms with van der Waals surface area (Å²) >= 11 is 6.40. The Morgan fingerprint density at radius 2 is 0.904 bits per heavy atom. The molecule has 0 unspecified atom stereocenters. The van der Waals surface area contributed by atoms with E-state index < -0.39 is 0 Å². The maximum Gasteiger partial charge on any atom is 0.242 e. The Hall–Kier alpha value is -5.31. The molecule has 0 amide bonds. The van der Waals surface area contributed by atoms with Gasteiger partial charge in [-0.3, -0.25) is 0 Å². The Morgan fingerprint density at radius 1 is 0.442 bits per heavy atom. The molecule has 8 aromatic rings. The Bertz CT molecular complexity index is 2580. The van der Waals surface area contributed by atoms with Gasteiger partial charge in [0.2, 0.25) is 6.71 Å².